The molecule has 0 radical (unpaired) electrons. The number of nitrogens with zero attached hydrogens (tertiary/aromatic N) is 3. The minimum absolute atomic E-state index is 0.215. The van der Waals surface area contributed by atoms with E-state index in [-0.39, 0.29) is 5.56 Å². The number of alkyl halides is 2. The molecule has 0 aliphatic carbocycles. The van der Waals surface area contributed by atoms with Crippen LogP contribution >= 0.6 is 0 Å². The summed E-state index contributed by atoms with van der Waals surface area (Å²) in [4.78, 5) is 9.42. The predicted octanol–water partition coefficient (Wildman–Crippen LogP) is 11.2. The summed E-state index contributed by atoms with van der Waals surface area (Å²) in [6.07, 6.45) is 14.3. The molecule has 48 heavy (non-hydrogen) atoms. The van der Waals surface area contributed by atoms with Crippen LogP contribution in [0.1, 0.15) is 122 Å². The highest BCUT2D eigenvalue weighted by atomic mass is 19.3. The Hall–Kier alpha value is -3.06. The molecule has 4 aliphatic heterocycles. The van der Waals surface area contributed by atoms with Gasteiger partial charge in [0, 0.05) is 47.2 Å². The van der Waals surface area contributed by atoms with Crippen molar-refractivity contribution in [1.29, 1.82) is 0 Å². The summed E-state index contributed by atoms with van der Waals surface area (Å²) >= 11 is 0. The maximum Gasteiger partial charge on any atom is 0.278 e. The van der Waals surface area contributed by atoms with E-state index >= 15 is 13.2 Å². The number of hydrogen-bond acceptors (Lipinski definition) is 4. The Kier molecular flexibility index (Phi) is 15.3. The summed E-state index contributed by atoms with van der Waals surface area (Å²) in [6, 6.07) is 4.20. The van der Waals surface area contributed by atoms with Crippen molar-refractivity contribution in [3.8, 4) is 0 Å². The van der Waals surface area contributed by atoms with Gasteiger partial charge in [0.05, 0.1) is 11.6 Å². The first kappa shape index (κ1) is 39.4. The molecule has 6 bridgehead atoms. The van der Waals surface area contributed by atoms with Crippen molar-refractivity contribution >= 4 is 6.21 Å². The molecule has 1 aromatic rings. The Morgan fingerprint density at radius 3 is 2.25 bits per heavy atom. The second kappa shape index (κ2) is 18.6. The SMILES string of the molecule is C=C.C=C1N[C@H](C)c2cccc(c2F)C(F)(F)C2CCN(CC2)C(C)CCCCCCN2C(=C)C(C(CCC)CCC)=CC1=C2/N=C\C. The zero-order valence-corrected chi connectivity index (χ0v) is 30.4. The lowest BCUT2D eigenvalue weighted by Crippen LogP contribution is -2.43. The molecule has 4 heterocycles. The lowest BCUT2D eigenvalue weighted by atomic mass is 9.84. The van der Waals surface area contributed by atoms with E-state index in [0.29, 0.717) is 43.6 Å². The van der Waals surface area contributed by atoms with E-state index < -0.39 is 29.3 Å². The number of piperidine rings is 1. The Balaban J connectivity index is 0.00000307. The van der Waals surface area contributed by atoms with Gasteiger partial charge in [-0.1, -0.05) is 77.3 Å². The number of nitrogens with one attached hydrogen (secondary N) is 1. The average Bonchev–Trinajstić information content (AvgIpc) is 3.07. The first-order chi connectivity index (χ1) is 23.0. The van der Waals surface area contributed by atoms with Crippen molar-refractivity contribution in [2.45, 2.75) is 123 Å². The Morgan fingerprint density at radius 2 is 1.62 bits per heavy atom. The van der Waals surface area contributed by atoms with Crippen molar-refractivity contribution in [3.63, 3.8) is 0 Å². The molecule has 1 fully saturated rings. The van der Waals surface area contributed by atoms with Crippen LogP contribution in [-0.2, 0) is 5.92 Å². The van der Waals surface area contributed by atoms with Gasteiger partial charge >= 0.3 is 0 Å². The maximum absolute atomic E-state index is 16.1. The van der Waals surface area contributed by atoms with E-state index in [1.807, 2.05) is 13.8 Å². The molecule has 266 valence electrons. The molecule has 7 heteroatoms. The van der Waals surface area contributed by atoms with Crippen LogP contribution in [0.15, 0.2) is 83.9 Å². The van der Waals surface area contributed by atoms with E-state index in [9.17, 15) is 0 Å². The van der Waals surface area contributed by atoms with Gasteiger partial charge in [0.2, 0.25) is 0 Å². The summed E-state index contributed by atoms with van der Waals surface area (Å²) in [5.41, 5.74) is 3.35. The zero-order valence-electron chi connectivity index (χ0n) is 30.4. The van der Waals surface area contributed by atoms with E-state index in [2.05, 4.69) is 68.3 Å². The molecule has 0 aromatic heterocycles. The standard InChI is InChI=1S/C39H57F3N4.C2H4/c1-8-16-31(17-9-2)35-26-34-29(6)44-28(5)33-19-15-20-36(37(33)40)39(41,42)32-21-24-45(25-22-32)27(4)18-13-11-12-14-23-46(30(35)7)38(34)43-10-3;1-2/h10,15,19-20,26-28,31-32,44H,6-9,11-14,16-18,21-25H2,1-5H3;1-2H2/b43-10-;/t27?,28-;/m1./s1. The third-order valence-corrected chi connectivity index (χ3v) is 10.4. The number of benzene rings is 1. The molecule has 1 unspecified atom stereocenters. The van der Waals surface area contributed by atoms with Crippen molar-refractivity contribution in [3.05, 3.63) is 95.9 Å². The summed E-state index contributed by atoms with van der Waals surface area (Å²) in [5.74, 6) is -3.82. The van der Waals surface area contributed by atoms with Crippen molar-refractivity contribution in [2.24, 2.45) is 16.8 Å². The van der Waals surface area contributed by atoms with Crippen molar-refractivity contribution in [2.75, 3.05) is 19.6 Å². The second-order valence-electron chi connectivity index (χ2n) is 13.6. The molecular formula is C41H61F3N4. The van der Waals surface area contributed by atoms with Gasteiger partial charge in [0.25, 0.3) is 5.92 Å². The molecule has 4 aliphatic rings. The van der Waals surface area contributed by atoms with Gasteiger partial charge in [-0.3, -0.25) is 0 Å². The number of rotatable bonds is 6. The van der Waals surface area contributed by atoms with Crippen molar-refractivity contribution < 1.29 is 13.2 Å². The molecule has 4 nitrogen and oxygen atoms in total. The first-order valence-electron chi connectivity index (χ1n) is 18.3. The molecule has 5 rings (SSSR count). The number of halogens is 3. The van der Waals surface area contributed by atoms with Gasteiger partial charge in [-0.2, -0.15) is 0 Å². The summed E-state index contributed by atoms with van der Waals surface area (Å²) in [5, 5.41) is 3.39. The van der Waals surface area contributed by atoms with E-state index in [0.717, 1.165) is 81.4 Å². The van der Waals surface area contributed by atoms with Gasteiger partial charge in [0.15, 0.2) is 0 Å². The van der Waals surface area contributed by atoms with Crippen LogP contribution < -0.4 is 5.32 Å². The largest absolute Gasteiger partial charge is 0.378 e. The lowest BCUT2D eigenvalue weighted by Gasteiger charge is -2.39. The quantitative estimate of drug-likeness (QED) is 0.242. The lowest BCUT2D eigenvalue weighted by molar-refractivity contribution is -0.0907. The average molecular weight is 667 g/mol. The maximum atomic E-state index is 16.1. The zero-order chi connectivity index (χ0) is 35.4. The minimum atomic E-state index is -3.24. The van der Waals surface area contributed by atoms with Gasteiger partial charge in [-0.25, -0.2) is 18.2 Å². The number of hydrogen-bond donors (Lipinski definition) is 1. The van der Waals surface area contributed by atoms with Crippen LogP contribution in [0.2, 0.25) is 0 Å². The molecule has 0 amide bonds. The molecule has 1 aromatic carbocycles. The van der Waals surface area contributed by atoms with Crippen molar-refractivity contribution in [1.82, 2.24) is 15.1 Å². The number of aliphatic imine (C=N–C) groups is 1. The molecule has 2 atom stereocenters. The first-order valence-corrected chi connectivity index (χ1v) is 18.3. The van der Waals surface area contributed by atoms with Crippen LogP contribution in [0.3, 0.4) is 0 Å². The van der Waals surface area contributed by atoms with Gasteiger partial charge in [-0.05, 0) is 90.0 Å². The highest BCUT2D eigenvalue weighted by Gasteiger charge is 2.45. The van der Waals surface area contributed by atoms with Crippen LogP contribution in [0.5, 0.6) is 0 Å². The second-order valence-corrected chi connectivity index (χ2v) is 13.6. The fraction of sp³-hybridized carbons (Fsp3) is 0.585. The monoisotopic (exact) mass is 666 g/mol. The van der Waals surface area contributed by atoms with E-state index in [1.54, 1.807) is 18.3 Å². The van der Waals surface area contributed by atoms with Gasteiger partial charge < -0.3 is 15.1 Å². The fourth-order valence-electron chi connectivity index (χ4n) is 7.69. The van der Waals surface area contributed by atoms with Crippen LogP contribution in [0, 0.1) is 17.7 Å². The topological polar surface area (TPSA) is 30.9 Å². The third kappa shape index (κ3) is 9.13. The van der Waals surface area contributed by atoms with Crippen LogP contribution in [-0.4, -0.2) is 41.7 Å². The fourth-order valence-corrected chi connectivity index (χ4v) is 7.69. The normalized spacial score (nSPS) is 25.7. The third-order valence-electron chi connectivity index (χ3n) is 10.4. The summed E-state index contributed by atoms with van der Waals surface area (Å²) < 4.78 is 48.1. The number of fused-ring (bicyclic) bond motifs is 10. The van der Waals surface area contributed by atoms with E-state index in [4.69, 9.17) is 4.99 Å². The smallest absolute Gasteiger partial charge is 0.278 e. The molecular weight excluding hydrogens is 605 g/mol. The number of allylic oxidation sites excluding steroid dienone is 2. The van der Waals surface area contributed by atoms with Gasteiger partial charge in [-0.15, -0.1) is 13.2 Å². The Labute approximate surface area is 289 Å². The molecule has 1 saturated heterocycles. The molecule has 0 spiro atoms. The Morgan fingerprint density at radius 1 is 0.979 bits per heavy atom. The van der Waals surface area contributed by atoms with Crippen LogP contribution in [0.4, 0.5) is 13.2 Å². The highest BCUT2D eigenvalue weighted by molar-refractivity contribution is 5.60. The Bertz CT molecular complexity index is 1310. The minimum Gasteiger partial charge on any atom is -0.378 e. The van der Waals surface area contributed by atoms with E-state index in [1.165, 1.54) is 11.6 Å². The molecule has 0 saturated carbocycles. The highest BCUT2D eigenvalue weighted by Crippen LogP contribution is 2.44. The van der Waals surface area contributed by atoms with Gasteiger partial charge in [0.1, 0.15) is 11.6 Å². The molecule has 1 N–H and O–H groups in total. The summed E-state index contributed by atoms with van der Waals surface area (Å²) in [6.45, 7) is 27.4. The van der Waals surface area contributed by atoms with Crippen LogP contribution in [0.25, 0.3) is 0 Å². The summed E-state index contributed by atoms with van der Waals surface area (Å²) in [7, 11) is 0. The predicted molar refractivity (Wildman–Crippen MR) is 198 cm³/mol.